The fourth-order valence-electron chi connectivity index (χ4n) is 2.01. The van der Waals surface area contributed by atoms with Gasteiger partial charge < -0.3 is 9.31 Å². The molecule has 8 heteroatoms. The van der Waals surface area contributed by atoms with Crippen molar-refractivity contribution in [1.82, 2.24) is 4.72 Å². The van der Waals surface area contributed by atoms with E-state index < -0.39 is 28.0 Å². The Balaban J connectivity index is 1.84. The molecule has 1 heterocycles. The first-order chi connectivity index (χ1) is 11.1. The number of benzene rings is 1. The fraction of sp³-hybridized carbons (Fsp3) is 0.500. The van der Waals surface area contributed by atoms with Crippen LogP contribution in [0.4, 0.5) is 0 Å². The molecule has 0 spiro atoms. The third kappa shape index (κ3) is 4.78. The second kappa shape index (κ2) is 7.51. The van der Waals surface area contributed by atoms with Crippen LogP contribution < -0.4 is 10.2 Å². The predicted octanol–water partition coefficient (Wildman–Crippen LogP) is 2.14. The number of rotatable bonds is 7. The van der Waals surface area contributed by atoms with Gasteiger partial charge in [0.15, 0.2) is 0 Å². The number of thioether (sulfide) groups is 1. The van der Waals surface area contributed by atoms with E-state index in [2.05, 4.69) is 11.3 Å². The topological polar surface area (TPSA) is 64.6 Å². The highest BCUT2D eigenvalue weighted by molar-refractivity contribution is 7.99. The molecule has 1 N–H and O–H groups in total. The molecule has 0 saturated carbocycles. The quantitative estimate of drug-likeness (QED) is 0.453. The summed E-state index contributed by atoms with van der Waals surface area (Å²) in [6.07, 6.45) is 0. The Morgan fingerprint density at radius 2 is 1.92 bits per heavy atom. The van der Waals surface area contributed by atoms with Gasteiger partial charge in [-0.1, -0.05) is 18.7 Å². The van der Waals surface area contributed by atoms with E-state index in [9.17, 15) is 8.42 Å². The normalized spacial score (nSPS) is 17.4. The average Bonchev–Trinajstić information content (AvgIpc) is 2.78. The molecule has 0 bridgehead atoms. The summed E-state index contributed by atoms with van der Waals surface area (Å²) in [5.74, 6) is 1.30. The van der Waals surface area contributed by atoms with Crippen molar-refractivity contribution in [2.24, 2.45) is 0 Å². The second-order valence-electron chi connectivity index (χ2n) is 6.41. The molecular weight excluding hydrogens is 345 g/mol. The Morgan fingerprint density at radius 1 is 1.29 bits per heavy atom. The van der Waals surface area contributed by atoms with E-state index in [-0.39, 0.29) is 0 Å². The highest BCUT2D eigenvalue weighted by Gasteiger charge is 2.42. The van der Waals surface area contributed by atoms with E-state index in [4.69, 9.17) is 9.31 Å². The summed E-state index contributed by atoms with van der Waals surface area (Å²) >= 11 is 1.60. The van der Waals surface area contributed by atoms with Gasteiger partial charge in [0.1, 0.15) is 5.60 Å². The maximum absolute atomic E-state index is 11.7. The molecule has 24 heavy (non-hydrogen) atoms. The summed E-state index contributed by atoms with van der Waals surface area (Å²) in [4.78, 5) is 1.07. The number of nitrogens with one attached hydrogen (secondary N) is 1. The van der Waals surface area contributed by atoms with E-state index in [0.717, 1.165) is 10.4 Å². The molecular formula is C16H24BNO4S2. The molecule has 1 aliphatic rings. The molecule has 132 valence electrons. The van der Waals surface area contributed by atoms with Gasteiger partial charge in [-0.15, -0.1) is 11.8 Å². The van der Waals surface area contributed by atoms with Crippen molar-refractivity contribution >= 4 is 34.4 Å². The van der Waals surface area contributed by atoms with E-state index in [0.29, 0.717) is 18.1 Å². The van der Waals surface area contributed by atoms with Crippen LogP contribution in [0, 0.1) is 0 Å². The van der Waals surface area contributed by atoms with Crippen molar-refractivity contribution in [3.63, 3.8) is 0 Å². The Labute approximate surface area is 149 Å². The third-order valence-corrected chi connectivity index (χ3v) is 6.63. The number of hydrogen-bond acceptors (Lipinski definition) is 5. The molecule has 0 amide bonds. The lowest BCUT2D eigenvalue weighted by Crippen LogP contribution is -2.34. The Morgan fingerprint density at radius 3 is 2.42 bits per heavy atom. The molecule has 1 aromatic carbocycles. The molecule has 0 aliphatic carbocycles. The minimum atomic E-state index is -3.19. The van der Waals surface area contributed by atoms with Crippen molar-refractivity contribution in [2.75, 3.05) is 12.3 Å². The minimum absolute atomic E-state index is 0.410. The van der Waals surface area contributed by atoms with Gasteiger partial charge in [-0.3, -0.25) is 0 Å². The van der Waals surface area contributed by atoms with Crippen molar-refractivity contribution in [3.05, 3.63) is 36.6 Å². The highest BCUT2D eigenvalue weighted by atomic mass is 32.2. The average molecular weight is 369 g/mol. The summed E-state index contributed by atoms with van der Waals surface area (Å²) in [5, 5.41) is -0.410. The predicted molar refractivity (Wildman–Crippen MR) is 100 cm³/mol. The first-order valence-electron chi connectivity index (χ1n) is 7.87. The second-order valence-corrected chi connectivity index (χ2v) is 9.90. The fourth-order valence-corrected chi connectivity index (χ4v) is 3.62. The van der Waals surface area contributed by atoms with E-state index in [1.165, 1.54) is 0 Å². The van der Waals surface area contributed by atoms with E-state index in [1.54, 1.807) is 25.6 Å². The Bertz CT molecular complexity index is 687. The van der Waals surface area contributed by atoms with Crippen LogP contribution in [-0.2, 0) is 19.3 Å². The van der Waals surface area contributed by atoms with E-state index in [1.807, 2.05) is 38.1 Å². The summed E-state index contributed by atoms with van der Waals surface area (Å²) in [5.41, 5.74) is 0.456. The Kier molecular flexibility index (Phi) is 6.07. The number of hydrogen-bond donors (Lipinski definition) is 1. The highest BCUT2D eigenvalue weighted by Crippen LogP contribution is 2.29. The monoisotopic (exact) mass is 369 g/mol. The number of sulfonamides is 1. The van der Waals surface area contributed by atoms with Gasteiger partial charge in [0.25, 0.3) is 0 Å². The molecule has 5 nitrogen and oxygen atoms in total. The molecule has 2 rings (SSSR count). The van der Waals surface area contributed by atoms with Crippen molar-refractivity contribution in [2.45, 2.75) is 43.4 Å². The van der Waals surface area contributed by atoms with Gasteiger partial charge in [0, 0.05) is 17.2 Å². The summed E-state index contributed by atoms with van der Waals surface area (Å²) in [6, 6.07) is 7.88. The summed E-state index contributed by atoms with van der Waals surface area (Å²) in [7, 11) is -3.62. The zero-order chi connectivity index (χ0) is 18.0. The SMILES string of the molecule is C=C1OB(c2ccc(SCCNS(=O)(=O)C(C)C)cc2)OC1(C)C. The summed E-state index contributed by atoms with van der Waals surface area (Å²) in [6.45, 7) is 11.5. The van der Waals surface area contributed by atoms with Gasteiger partial charge in [-0.05, 0) is 45.3 Å². The smallest absolute Gasteiger partial charge is 0.534 e. The van der Waals surface area contributed by atoms with Crippen LogP contribution in [0.5, 0.6) is 0 Å². The molecule has 0 radical (unpaired) electrons. The largest absolute Gasteiger partial charge is 0.563 e. The molecule has 0 unspecified atom stereocenters. The molecule has 1 aromatic rings. The zero-order valence-electron chi connectivity index (χ0n) is 14.5. The molecule has 1 saturated heterocycles. The lowest BCUT2D eigenvalue weighted by atomic mass is 9.79. The van der Waals surface area contributed by atoms with Crippen LogP contribution >= 0.6 is 11.8 Å². The van der Waals surface area contributed by atoms with Gasteiger partial charge >= 0.3 is 7.12 Å². The van der Waals surface area contributed by atoms with Crippen LogP contribution in [0.1, 0.15) is 27.7 Å². The molecule has 0 aromatic heterocycles. The van der Waals surface area contributed by atoms with Gasteiger partial charge in [-0.2, -0.15) is 0 Å². The van der Waals surface area contributed by atoms with Crippen molar-refractivity contribution < 1.29 is 17.7 Å². The van der Waals surface area contributed by atoms with E-state index >= 15 is 0 Å². The van der Waals surface area contributed by atoms with Crippen LogP contribution in [-0.4, -0.2) is 38.7 Å². The first-order valence-corrected chi connectivity index (χ1v) is 10.4. The van der Waals surface area contributed by atoms with Crippen LogP contribution in [0.3, 0.4) is 0 Å². The van der Waals surface area contributed by atoms with Crippen molar-refractivity contribution in [3.8, 4) is 0 Å². The van der Waals surface area contributed by atoms with Crippen LogP contribution in [0.25, 0.3) is 0 Å². The lowest BCUT2D eigenvalue weighted by molar-refractivity contribution is 0.173. The summed E-state index contributed by atoms with van der Waals surface area (Å²) < 4.78 is 37.4. The molecule has 1 aliphatic heterocycles. The van der Waals surface area contributed by atoms with Crippen molar-refractivity contribution in [1.29, 1.82) is 0 Å². The standard InChI is InChI=1S/C16H24BNO4S2/c1-12(2)24(19,20)18-10-11-23-15-8-6-14(7-9-15)17-21-13(3)16(4,5)22-17/h6-9,12,18H,3,10-11H2,1-2,4-5H3. The van der Waals surface area contributed by atoms with Gasteiger partial charge in [-0.25, -0.2) is 13.1 Å². The van der Waals surface area contributed by atoms with Crippen LogP contribution in [0.2, 0.25) is 0 Å². The minimum Gasteiger partial charge on any atom is -0.534 e. The van der Waals surface area contributed by atoms with Gasteiger partial charge in [0.2, 0.25) is 10.0 Å². The maximum Gasteiger partial charge on any atom is 0.563 e. The molecule has 0 atom stereocenters. The first kappa shape index (κ1) is 19.4. The van der Waals surface area contributed by atoms with Crippen LogP contribution in [0.15, 0.2) is 41.5 Å². The zero-order valence-corrected chi connectivity index (χ0v) is 16.2. The maximum atomic E-state index is 11.7. The third-order valence-electron chi connectivity index (χ3n) is 3.77. The molecule has 1 fully saturated rings. The lowest BCUT2D eigenvalue weighted by Gasteiger charge is -2.15. The Hall–Kier alpha value is -0.955. The van der Waals surface area contributed by atoms with Gasteiger partial charge in [0.05, 0.1) is 11.0 Å².